The zero-order valence-electron chi connectivity index (χ0n) is 11.3. The summed E-state index contributed by atoms with van der Waals surface area (Å²) in [6.07, 6.45) is 0. The number of benzene rings is 1. The van der Waals surface area contributed by atoms with E-state index in [1.807, 2.05) is 19.1 Å². The molecule has 0 unspecified atom stereocenters. The molecule has 0 spiro atoms. The van der Waals surface area contributed by atoms with E-state index in [-0.39, 0.29) is 5.69 Å². The second-order valence-electron chi connectivity index (χ2n) is 4.64. The molecular formula is C14H11ClN4O2. The number of carbonyl (C=O) groups is 1. The molecule has 6 nitrogen and oxygen atoms in total. The van der Waals surface area contributed by atoms with Crippen molar-refractivity contribution in [3.8, 4) is 11.1 Å². The molecule has 1 N–H and O–H groups in total. The molecule has 7 heteroatoms. The van der Waals surface area contributed by atoms with E-state index in [0.29, 0.717) is 16.4 Å². The monoisotopic (exact) mass is 302 g/mol. The van der Waals surface area contributed by atoms with Crippen LogP contribution in [0.1, 0.15) is 21.9 Å². The van der Waals surface area contributed by atoms with Gasteiger partial charge < -0.3 is 5.11 Å². The van der Waals surface area contributed by atoms with Gasteiger partial charge in [0.1, 0.15) is 0 Å². The predicted octanol–water partition coefficient (Wildman–Crippen LogP) is 2.76. The van der Waals surface area contributed by atoms with Crippen LogP contribution in [0.4, 0.5) is 0 Å². The van der Waals surface area contributed by atoms with Gasteiger partial charge in [0.05, 0.1) is 17.0 Å². The topological polar surface area (TPSA) is 80.4 Å². The van der Waals surface area contributed by atoms with E-state index in [0.717, 1.165) is 16.8 Å². The second kappa shape index (κ2) is 4.82. The summed E-state index contributed by atoms with van der Waals surface area (Å²) in [7, 11) is 0. The van der Waals surface area contributed by atoms with Gasteiger partial charge in [0, 0.05) is 5.02 Å². The van der Waals surface area contributed by atoms with Crippen molar-refractivity contribution in [1.29, 1.82) is 0 Å². The summed E-state index contributed by atoms with van der Waals surface area (Å²) < 4.78 is 1.51. The molecule has 1 aromatic carbocycles. The minimum atomic E-state index is -1.12. The van der Waals surface area contributed by atoms with Crippen LogP contribution in [-0.2, 0) is 0 Å². The Balaban J connectivity index is 2.30. The number of halogens is 1. The van der Waals surface area contributed by atoms with Crippen molar-refractivity contribution in [3.05, 3.63) is 46.4 Å². The fourth-order valence-electron chi connectivity index (χ4n) is 2.26. The highest BCUT2D eigenvalue weighted by atomic mass is 35.5. The molecule has 0 saturated heterocycles. The lowest BCUT2D eigenvalue weighted by atomic mass is 10.1. The molecule has 0 radical (unpaired) electrons. The molecule has 0 aliphatic carbocycles. The first-order chi connectivity index (χ1) is 9.99. The average Bonchev–Trinajstić information content (AvgIpc) is 2.77. The Morgan fingerprint density at radius 3 is 2.48 bits per heavy atom. The number of hydrogen-bond donors (Lipinski definition) is 1. The van der Waals surface area contributed by atoms with Crippen LogP contribution < -0.4 is 0 Å². The van der Waals surface area contributed by atoms with Gasteiger partial charge in [0.25, 0.3) is 0 Å². The lowest BCUT2D eigenvalue weighted by Gasteiger charge is -2.03. The largest absolute Gasteiger partial charge is 0.476 e. The third kappa shape index (κ3) is 2.13. The highest BCUT2D eigenvalue weighted by molar-refractivity contribution is 6.30. The van der Waals surface area contributed by atoms with Crippen LogP contribution in [-0.4, -0.2) is 30.9 Å². The SMILES string of the molecule is Cc1nn2c(C)c(C(=O)O)nnc2c1-c1ccc(Cl)cc1. The van der Waals surface area contributed by atoms with Gasteiger partial charge >= 0.3 is 5.97 Å². The van der Waals surface area contributed by atoms with Crippen molar-refractivity contribution in [1.82, 2.24) is 19.8 Å². The normalized spacial score (nSPS) is 11.0. The van der Waals surface area contributed by atoms with Crippen molar-refractivity contribution in [2.24, 2.45) is 0 Å². The fraction of sp³-hybridized carbons (Fsp3) is 0.143. The summed E-state index contributed by atoms with van der Waals surface area (Å²) >= 11 is 5.90. The summed E-state index contributed by atoms with van der Waals surface area (Å²) in [5.41, 5.74) is 3.33. The summed E-state index contributed by atoms with van der Waals surface area (Å²) in [6.45, 7) is 3.50. The Bertz CT molecular complexity index is 856. The molecule has 0 atom stereocenters. The van der Waals surface area contributed by atoms with Crippen LogP contribution in [0.15, 0.2) is 24.3 Å². The van der Waals surface area contributed by atoms with Crippen molar-refractivity contribution < 1.29 is 9.90 Å². The molecule has 0 bridgehead atoms. The molecular weight excluding hydrogens is 292 g/mol. The number of rotatable bonds is 2. The summed E-state index contributed by atoms with van der Waals surface area (Å²) in [5, 5.41) is 21.9. The van der Waals surface area contributed by atoms with E-state index in [9.17, 15) is 4.79 Å². The Hall–Kier alpha value is -2.47. The van der Waals surface area contributed by atoms with Crippen LogP contribution in [0, 0.1) is 13.8 Å². The van der Waals surface area contributed by atoms with E-state index in [1.165, 1.54) is 4.52 Å². The first kappa shape index (κ1) is 13.5. The van der Waals surface area contributed by atoms with E-state index in [1.54, 1.807) is 19.1 Å². The van der Waals surface area contributed by atoms with Crippen molar-refractivity contribution >= 4 is 23.2 Å². The van der Waals surface area contributed by atoms with E-state index in [4.69, 9.17) is 16.7 Å². The maximum absolute atomic E-state index is 11.1. The summed E-state index contributed by atoms with van der Waals surface area (Å²) in [5.74, 6) is -1.12. The third-order valence-corrected chi connectivity index (χ3v) is 3.53. The molecule has 0 aliphatic rings. The molecule has 3 aromatic rings. The Morgan fingerprint density at radius 2 is 1.86 bits per heavy atom. The van der Waals surface area contributed by atoms with Crippen molar-refractivity contribution in [2.75, 3.05) is 0 Å². The number of nitrogens with zero attached hydrogens (tertiary/aromatic N) is 4. The number of fused-ring (bicyclic) bond motifs is 1. The van der Waals surface area contributed by atoms with Gasteiger partial charge in [0.15, 0.2) is 11.3 Å². The van der Waals surface area contributed by atoms with Crippen LogP contribution >= 0.6 is 11.6 Å². The van der Waals surface area contributed by atoms with Crippen LogP contribution in [0.2, 0.25) is 5.02 Å². The molecule has 0 amide bonds. The number of aryl methyl sites for hydroxylation is 2. The Morgan fingerprint density at radius 1 is 1.19 bits per heavy atom. The van der Waals surface area contributed by atoms with Crippen LogP contribution in [0.3, 0.4) is 0 Å². The number of carboxylic acids is 1. The van der Waals surface area contributed by atoms with Gasteiger partial charge in [-0.15, -0.1) is 10.2 Å². The molecule has 2 heterocycles. The number of hydrogen-bond acceptors (Lipinski definition) is 4. The van der Waals surface area contributed by atoms with Crippen molar-refractivity contribution in [2.45, 2.75) is 13.8 Å². The molecule has 0 fully saturated rings. The summed E-state index contributed by atoms with van der Waals surface area (Å²) in [6, 6.07) is 7.31. The maximum atomic E-state index is 11.1. The highest BCUT2D eigenvalue weighted by Gasteiger charge is 2.19. The first-order valence-electron chi connectivity index (χ1n) is 6.21. The zero-order valence-corrected chi connectivity index (χ0v) is 12.1. The average molecular weight is 303 g/mol. The Labute approximate surface area is 125 Å². The van der Waals surface area contributed by atoms with Gasteiger partial charge in [-0.3, -0.25) is 0 Å². The van der Waals surface area contributed by atoms with E-state index < -0.39 is 5.97 Å². The lowest BCUT2D eigenvalue weighted by molar-refractivity contribution is 0.0687. The molecule has 2 aromatic heterocycles. The molecule has 106 valence electrons. The van der Waals surface area contributed by atoms with Gasteiger partial charge in [0.2, 0.25) is 0 Å². The summed E-state index contributed by atoms with van der Waals surface area (Å²) in [4.78, 5) is 11.1. The molecule has 3 rings (SSSR count). The number of aromatic nitrogens is 4. The molecule has 0 saturated carbocycles. The van der Waals surface area contributed by atoms with Crippen molar-refractivity contribution in [3.63, 3.8) is 0 Å². The van der Waals surface area contributed by atoms with Gasteiger partial charge in [-0.25, -0.2) is 9.31 Å². The van der Waals surface area contributed by atoms with Gasteiger partial charge in [-0.1, -0.05) is 23.7 Å². The number of aromatic carboxylic acids is 1. The predicted molar refractivity (Wildman–Crippen MR) is 77.7 cm³/mol. The number of carboxylic acid groups (broad SMARTS) is 1. The van der Waals surface area contributed by atoms with E-state index in [2.05, 4.69) is 15.3 Å². The quantitative estimate of drug-likeness (QED) is 0.787. The van der Waals surface area contributed by atoms with Crippen LogP contribution in [0.25, 0.3) is 16.8 Å². The maximum Gasteiger partial charge on any atom is 0.358 e. The first-order valence-corrected chi connectivity index (χ1v) is 6.58. The standard InChI is InChI=1S/C14H11ClN4O2/c1-7-11(9-3-5-10(15)6-4-9)13-17-16-12(14(20)21)8(2)19(13)18-7/h3-6H,1-2H3,(H,20,21). The lowest BCUT2D eigenvalue weighted by Crippen LogP contribution is -2.10. The molecule has 0 aliphatic heterocycles. The van der Waals surface area contributed by atoms with Gasteiger partial charge in [-0.05, 0) is 31.5 Å². The minimum Gasteiger partial charge on any atom is -0.476 e. The van der Waals surface area contributed by atoms with Crippen LogP contribution in [0.5, 0.6) is 0 Å². The smallest absolute Gasteiger partial charge is 0.358 e. The minimum absolute atomic E-state index is 0.104. The second-order valence-corrected chi connectivity index (χ2v) is 5.08. The van der Waals surface area contributed by atoms with Gasteiger partial charge in [-0.2, -0.15) is 5.10 Å². The highest BCUT2D eigenvalue weighted by Crippen LogP contribution is 2.28. The Kier molecular flexibility index (Phi) is 3.10. The van der Waals surface area contributed by atoms with E-state index >= 15 is 0 Å². The third-order valence-electron chi connectivity index (χ3n) is 3.28. The zero-order chi connectivity index (χ0) is 15.1. The fourth-order valence-corrected chi connectivity index (χ4v) is 2.39. The molecule has 21 heavy (non-hydrogen) atoms.